The van der Waals surface area contributed by atoms with Gasteiger partial charge in [-0.2, -0.15) is 5.10 Å². The zero-order chi connectivity index (χ0) is 22.2. The minimum absolute atomic E-state index is 0.000145. The van der Waals surface area contributed by atoms with E-state index >= 15 is 0 Å². The number of thioether (sulfide) groups is 1. The Bertz CT molecular complexity index is 1000. The molecule has 31 heavy (non-hydrogen) atoms. The third-order valence-electron chi connectivity index (χ3n) is 4.36. The Hall–Kier alpha value is -2.55. The van der Waals surface area contributed by atoms with Gasteiger partial charge in [-0.05, 0) is 23.8 Å². The molecule has 0 unspecified atom stereocenters. The van der Waals surface area contributed by atoms with Crippen molar-refractivity contribution in [3.05, 3.63) is 64.1 Å². The predicted molar refractivity (Wildman–Crippen MR) is 122 cm³/mol. The second kappa shape index (κ2) is 11.2. The fraction of sp³-hybridized carbons (Fsp3) is 0.238. The van der Waals surface area contributed by atoms with Gasteiger partial charge < -0.3 is 0 Å². The summed E-state index contributed by atoms with van der Waals surface area (Å²) in [5.41, 5.74) is 6.46. The third-order valence-corrected chi connectivity index (χ3v) is 6.09. The lowest BCUT2D eigenvalue weighted by Crippen LogP contribution is -2.42. The summed E-state index contributed by atoms with van der Waals surface area (Å²) in [5.74, 6) is -1.06. The van der Waals surface area contributed by atoms with Gasteiger partial charge in [-0.1, -0.05) is 53.5 Å². The predicted octanol–water partition coefficient (Wildman–Crippen LogP) is 3.65. The van der Waals surface area contributed by atoms with Gasteiger partial charge in [0.25, 0.3) is 0 Å². The molecule has 3 amide bonds. The molecule has 2 aromatic rings. The molecule has 2 N–H and O–H groups in total. The third kappa shape index (κ3) is 6.99. The smallest absolute Gasteiger partial charge is 0.248 e. The monoisotopic (exact) mass is 478 g/mol. The van der Waals surface area contributed by atoms with Gasteiger partial charge in [-0.15, -0.1) is 11.8 Å². The van der Waals surface area contributed by atoms with Crippen molar-refractivity contribution in [1.29, 1.82) is 0 Å². The Labute approximate surface area is 194 Å². The first kappa shape index (κ1) is 23.1. The van der Waals surface area contributed by atoms with Crippen LogP contribution in [0.1, 0.15) is 24.8 Å². The highest BCUT2D eigenvalue weighted by Crippen LogP contribution is 2.29. The molecule has 0 atom stereocenters. The molecule has 1 aliphatic rings. The summed E-state index contributed by atoms with van der Waals surface area (Å²) in [7, 11) is 0. The zero-order valence-electron chi connectivity index (χ0n) is 16.4. The van der Waals surface area contributed by atoms with Crippen LogP contribution in [0.4, 0.5) is 0 Å². The van der Waals surface area contributed by atoms with E-state index in [1.807, 2.05) is 30.3 Å². The van der Waals surface area contributed by atoms with Crippen LogP contribution in [-0.4, -0.2) is 40.7 Å². The second-order valence-electron chi connectivity index (χ2n) is 6.64. The number of nitrogens with one attached hydrogen (secondary N) is 2. The van der Waals surface area contributed by atoms with Crippen molar-refractivity contribution in [3.63, 3.8) is 0 Å². The summed E-state index contributed by atoms with van der Waals surface area (Å²) in [6, 6.07) is 14.6. The van der Waals surface area contributed by atoms with Crippen molar-refractivity contribution < 1.29 is 14.4 Å². The first-order chi connectivity index (χ1) is 14.9. The van der Waals surface area contributed by atoms with Crippen LogP contribution < -0.4 is 10.9 Å². The molecule has 7 nitrogen and oxygen atoms in total. The molecule has 0 saturated carbocycles. The number of carbonyl (C=O) groups is 3. The molecule has 3 rings (SSSR count). The van der Waals surface area contributed by atoms with E-state index in [-0.39, 0.29) is 24.5 Å². The standard InChI is InChI=1S/C21H20Cl2N4O3S/c22-15-6-7-16(23)18(12-15)31-13-20(29)25-24-19(28)8-9-21(30)27-11-10-17(26-27)14-4-2-1-3-5-14/h1-7,12H,8-11,13H2,(H,24,28)(H,25,29). The number of amides is 3. The summed E-state index contributed by atoms with van der Waals surface area (Å²) in [6.45, 7) is 0.491. The van der Waals surface area contributed by atoms with Crippen molar-refractivity contribution in [2.24, 2.45) is 5.10 Å². The molecule has 162 valence electrons. The number of nitrogens with zero attached hydrogens (tertiary/aromatic N) is 2. The maximum Gasteiger partial charge on any atom is 0.248 e. The van der Waals surface area contributed by atoms with Gasteiger partial charge >= 0.3 is 0 Å². The SMILES string of the molecule is O=C(CCC(=O)N1CCC(c2ccccc2)=N1)NNC(=O)CSc1cc(Cl)ccc1Cl. The molecular weight excluding hydrogens is 459 g/mol. The number of hydrogen-bond acceptors (Lipinski definition) is 5. The van der Waals surface area contributed by atoms with Crippen molar-refractivity contribution in [1.82, 2.24) is 15.9 Å². The largest absolute Gasteiger partial charge is 0.273 e. The number of hydrazone groups is 1. The van der Waals surface area contributed by atoms with Crippen LogP contribution >= 0.6 is 35.0 Å². The fourth-order valence-electron chi connectivity index (χ4n) is 2.79. The zero-order valence-corrected chi connectivity index (χ0v) is 18.8. The van der Waals surface area contributed by atoms with E-state index in [1.165, 1.54) is 16.8 Å². The Morgan fingerprint density at radius 2 is 1.74 bits per heavy atom. The van der Waals surface area contributed by atoms with E-state index in [0.717, 1.165) is 11.3 Å². The summed E-state index contributed by atoms with van der Waals surface area (Å²) >= 11 is 13.2. The van der Waals surface area contributed by atoms with Crippen LogP contribution in [0.25, 0.3) is 0 Å². The maximum atomic E-state index is 12.3. The summed E-state index contributed by atoms with van der Waals surface area (Å²) in [6.07, 6.45) is 0.617. The quantitative estimate of drug-likeness (QED) is 0.469. The Balaban J connectivity index is 1.37. The van der Waals surface area contributed by atoms with E-state index in [1.54, 1.807) is 18.2 Å². The topological polar surface area (TPSA) is 90.9 Å². The van der Waals surface area contributed by atoms with Crippen molar-refractivity contribution in [3.8, 4) is 0 Å². The van der Waals surface area contributed by atoms with Gasteiger partial charge in [-0.25, -0.2) is 5.01 Å². The minimum atomic E-state index is -0.459. The summed E-state index contributed by atoms with van der Waals surface area (Å²) in [5, 5.41) is 6.75. The molecule has 10 heteroatoms. The van der Waals surface area contributed by atoms with E-state index in [9.17, 15) is 14.4 Å². The summed E-state index contributed by atoms with van der Waals surface area (Å²) in [4.78, 5) is 36.8. The van der Waals surface area contributed by atoms with Gasteiger partial charge in [0.2, 0.25) is 17.7 Å². The Kier molecular flexibility index (Phi) is 8.34. The van der Waals surface area contributed by atoms with Crippen LogP contribution in [0.3, 0.4) is 0 Å². The lowest BCUT2D eigenvalue weighted by atomic mass is 10.1. The molecule has 0 spiro atoms. The molecule has 1 heterocycles. The highest BCUT2D eigenvalue weighted by Gasteiger charge is 2.22. The molecule has 0 saturated heterocycles. The number of hydrazine groups is 1. The molecule has 0 fully saturated rings. The van der Waals surface area contributed by atoms with Gasteiger partial charge in [0, 0.05) is 29.2 Å². The van der Waals surface area contributed by atoms with Crippen molar-refractivity contribution in [2.45, 2.75) is 24.2 Å². The maximum absolute atomic E-state index is 12.3. The van der Waals surface area contributed by atoms with Crippen molar-refractivity contribution >= 4 is 58.4 Å². The Morgan fingerprint density at radius 3 is 2.52 bits per heavy atom. The molecule has 0 bridgehead atoms. The number of halogens is 2. The number of rotatable bonds is 7. The summed E-state index contributed by atoms with van der Waals surface area (Å²) < 4.78 is 0. The molecule has 1 aliphatic heterocycles. The van der Waals surface area contributed by atoms with Crippen LogP contribution in [-0.2, 0) is 14.4 Å². The number of hydrogen-bond donors (Lipinski definition) is 2. The first-order valence-electron chi connectivity index (χ1n) is 9.51. The lowest BCUT2D eigenvalue weighted by Gasteiger charge is -2.11. The Morgan fingerprint density at radius 1 is 1.00 bits per heavy atom. The molecule has 0 aliphatic carbocycles. The van der Waals surface area contributed by atoms with Gasteiger partial charge in [0.05, 0.1) is 23.0 Å². The van der Waals surface area contributed by atoms with E-state index in [4.69, 9.17) is 23.2 Å². The highest BCUT2D eigenvalue weighted by molar-refractivity contribution is 8.00. The van der Waals surface area contributed by atoms with Crippen LogP contribution in [0.2, 0.25) is 10.0 Å². The van der Waals surface area contributed by atoms with E-state index in [0.29, 0.717) is 27.9 Å². The number of carbonyl (C=O) groups excluding carboxylic acids is 3. The highest BCUT2D eigenvalue weighted by atomic mass is 35.5. The van der Waals surface area contributed by atoms with Crippen LogP contribution in [0, 0.1) is 0 Å². The lowest BCUT2D eigenvalue weighted by molar-refractivity contribution is -0.133. The van der Waals surface area contributed by atoms with E-state index in [2.05, 4.69) is 16.0 Å². The molecule has 0 aromatic heterocycles. The fourth-order valence-corrected chi connectivity index (χ4v) is 4.08. The van der Waals surface area contributed by atoms with Gasteiger partial charge in [0.1, 0.15) is 0 Å². The second-order valence-corrected chi connectivity index (χ2v) is 8.50. The molecule has 0 radical (unpaired) electrons. The van der Waals surface area contributed by atoms with Crippen LogP contribution in [0.15, 0.2) is 58.5 Å². The van der Waals surface area contributed by atoms with Crippen LogP contribution in [0.5, 0.6) is 0 Å². The molecular formula is C21H20Cl2N4O3S. The minimum Gasteiger partial charge on any atom is -0.273 e. The van der Waals surface area contributed by atoms with Gasteiger partial charge in [0.15, 0.2) is 0 Å². The average Bonchev–Trinajstić information content (AvgIpc) is 3.27. The average molecular weight is 479 g/mol. The normalized spacial score (nSPS) is 13.0. The van der Waals surface area contributed by atoms with Crippen molar-refractivity contribution in [2.75, 3.05) is 12.3 Å². The number of benzene rings is 2. The van der Waals surface area contributed by atoms with E-state index < -0.39 is 11.8 Å². The molecule has 2 aromatic carbocycles. The first-order valence-corrected chi connectivity index (χ1v) is 11.3. The van der Waals surface area contributed by atoms with Gasteiger partial charge in [-0.3, -0.25) is 25.2 Å².